The Kier molecular flexibility index (Phi) is 8.67. The van der Waals surface area contributed by atoms with Crippen molar-refractivity contribution in [1.29, 1.82) is 0 Å². The van der Waals surface area contributed by atoms with Crippen molar-refractivity contribution < 1.29 is 33.8 Å². The molecule has 0 saturated carbocycles. The number of carbonyl (C=O) groups excluding carboxylic acids is 3. The molecule has 3 unspecified atom stereocenters. The molecule has 3 rings (SSSR count). The van der Waals surface area contributed by atoms with Crippen molar-refractivity contribution in [3.63, 3.8) is 0 Å². The number of carboxylic acids is 1. The first-order valence-electron chi connectivity index (χ1n) is 11.7. The molecule has 1 heterocycles. The zero-order valence-corrected chi connectivity index (χ0v) is 20.9. The number of aliphatic carboxylic acids is 1. The van der Waals surface area contributed by atoms with E-state index in [2.05, 4.69) is 10.3 Å². The molecule has 0 saturated heterocycles. The van der Waals surface area contributed by atoms with Crippen LogP contribution in [0.2, 0.25) is 0 Å². The maximum atomic E-state index is 13.2. The molecule has 0 bridgehead atoms. The Hall–Kier alpha value is -4.18. The lowest BCUT2D eigenvalue weighted by molar-refractivity contribution is -0.167. The van der Waals surface area contributed by atoms with Gasteiger partial charge in [-0.25, -0.2) is 4.79 Å². The maximum absolute atomic E-state index is 13.2. The maximum Gasteiger partial charge on any atom is 0.329 e. The van der Waals surface area contributed by atoms with Crippen LogP contribution in [0.15, 0.2) is 60.8 Å². The molecule has 1 amide bonds. The van der Waals surface area contributed by atoms with Gasteiger partial charge in [-0.05, 0) is 38.0 Å². The molecule has 0 aliphatic rings. The van der Waals surface area contributed by atoms with Gasteiger partial charge in [0.1, 0.15) is 24.3 Å². The molecule has 0 spiro atoms. The van der Waals surface area contributed by atoms with E-state index in [9.17, 15) is 24.3 Å². The summed E-state index contributed by atoms with van der Waals surface area (Å²) < 4.78 is 10.7. The smallest absolute Gasteiger partial charge is 0.329 e. The number of rotatable bonds is 10. The minimum Gasteiger partial charge on any atom is -0.480 e. The molecular weight excluding hydrogens is 478 g/mol. The monoisotopic (exact) mass is 509 g/mol. The van der Waals surface area contributed by atoms with Crippen LogP contribution in [0.3, 0.4) is 0 Å². The van der Waals surface area contributed by atoms with E-state index in [1.54, 1.807) is 51.2 Å². The van der Waals surface area contributed by atoms with E-state index in [0.29, 0.717) is 5.56 Å². The summed E-state index contributed by atoms with van der Waals surface area (Å²) >= 11 is 0. The number of H-pyrrole nitrogens is 1. The van der Waals surface area contributed by atoms with E-state index in [1.807, 2.05) is 30.3 Å². The highest BCUT2D eigenvalue weighted by molar-refractivity contribution is 6.03. The number of carbonyl (C=O) groups is 4. The first-order valence-corrected chi connectivity index (χ1v) is 11.7. The Morgan fingerprint density at radius 1 is 1.00 bits per heavy atom. The third-order valence-corrected chi connectivity index (χ3v) is 5.51. The highest BCUT2D eigenvalue weighted by Gasteiger charge is 2.41. The average molecular weight is 510 g/mol. The van der Waals surface area contributed by atoms with Gasteiger partial charge in [-0.1, -0.05) is 48.5 Å². The molecule has 5 N–H and O–H groups in total. The minimum absolute atomic E-state index is 0.0206. The second kappa shape index (κ2) is 11.7. The van der Waals surface area contributed by atoms with Gasteiger partial charge < -0.3 is 30.6 Å². The molecule has 0 aliphatic heterocycles. The number of fused-ring (bicyclic) bond motifs is 1. The van der Waals surface area contributed by atoms with Gasteiger partial charge in [0.25, 0.3) is 0 Å². The van der Waals surface area contributed by atoms with Crippen LogP contribution in [0.4, 0.5) is 0 Å². The number of carboxylic acid groups (broad SMARTS) is 1. The highest BCUT2D eigenvalue weighted by atomic mass is 16.6. The van der Waals surface area contributed by atoms with Gasteiger partial charge in [0.15, 0.2) is 5.92 Å². The first kappa shape index (κ1) is 27.4. The van der Waals surface area contributed by atoms with Crippen LogP contribution < -0.4 is 11.1 Å². The Morgan fingerprint density at radius 3 is 2.30 bits per heavy atom. The number of nitrogens with two attached hydrogens (primary N) is 1. The Balaban J connectivity index is 1.87. The van der Waals surface area contributed by atoms with Crippen molar-refractivity contribution >= 4 is 34.7 Å². The lowest BCUT2D eigenvalue weighted by Gasteiger charge is -2.26. The van der Waals surface area contributed by atoms with Gasteiger partial charge in [-0.2, -0.15) is 0 Å². The molecule has 1 aromatic heterocycles. The molecule has 10 heteroatoms. The van der Waals surface area contributed by atoms with Crippen molar-refractivity contribution in [3.05, 3.63) is 71.9 Å². The van der Waals surface area contributed by atoms with Crippen molar-refractivity contribution in [1.82, 2.24) is 10.3 Å². The Labute approximate surface area is 214 Å². The van der Waals surface area contributed by atoms with Gasteiger partial charge in [0.05, 0.1) is 0 Å². The predicted octanol–water partition coefficient (Wildman–Crippen LogP) is 2.31. The number of ether oxygens (including phenoxy) is 2. The topological polar surface area (TPSA) is 161 Å². The zero-order chi connectivity index (χ0) is 27.2. The van der Waals surface area contributed by atoms with E-state index < -0.39 is 47.4 Å². The number of hydrogen-bond donors (Lipinski definition) is 4. The lowest BCUT2D eigenvalue weighted by atomic mass is 9.97. The van der Waals surface area contributed by atoms with Gasteiger partial charge >= 0.3 is 17.9 Å². The summed E-state index contributed by atoms with van der Waals surface area (Å²) in [5.74, 6) is -6.36. The summed E-state index contributed by atoms with van der Waals surface area (Å²) in [7, 11) is 0. The SMILES string of the molecule is CC(C)(C)OC(=O)C(C(=O)NC(Cc1c[nH]c2ccccc12)C(=O)OCc1ccccc1)C(N)C(=O)O. The van der Waals surface area contributed by atoms with Crippen LogP contribution in [-0.2, 0) is 41.7 Å². The van der Waals surface area contributed by atoms with Crippen molar-refractivity contribution in [2.75, 3.05) is 0 Å². The summed E-state index contributed by atoms with van der Waals surface area (Å²) in [5.41, 5.74) is 6.99. The molecule has 2 aromatic carbocycles. The number of para-hydroxylation sites is 1. The molecule has 196 valence electrons. The zero-order valence-electron chi connectivity index (χ0n) is 20.9. The second-order valence-corrected chi connectivity index (χ2v) is 9.59. The Bertz CT molecular complexity index is 1260. The third kappa shape index (κ3) is 7.40. The molecular formula is C27H31N3O7. The quantitative estimate of drug-likeness (QED) is 0.239. The van der Waals surface area contributed by atoms with Crippen LogP contribution in [0.1, 0.15) is 31.9 Å². The molecule has 0 aliphatic carbocycles. The summed E-state index contributed by atoms with van der Waals surface area (Å²) in [4.78, 5) is 53.8. The van der Waals surface area contributed by atoms with Gasteiger partial charge in [-0.15, -0.1) is 0 Å². The van der Waals surface area contributed by atoms with Gasteiger partial charge in [0, 0.05) is 23.5 Å². The number of amides is 1. The molecule has 3 aromatic rings. The molecule has 0 fully saturated rings. The standard InChI is InChI=1S/C27H31N3O7/c1-27(2,3)37-26(35)21(22(28)24(32)33)23(31)30-20(25(34)36-15-16-9-5-4-6-10-16)13-17-14-29-19-12-8-7-11-18(17)19/h4-12,14,20-22,29H,13,15,28H2,1-3H3,(H,30,31)(H,32,33). The number of aromatic nitrogens is 1. The second-order valence-electron chi connectivity index (χ2n) is 9.59. The van der Waals surface area contributed by atoms with Crippen molar-refractivity contribution in [3.8, 4) is 0 Å². The summed E-state index contributed by atoms with van der Waals surface area (Å²) in [6, 6.07) is 13.3. The molecule has 37 heavy (non-hydrogen) atoms. The van der Waals surface area contributed by atoms with E-state index in [4.69, 9.17) is 15.2 Å². The summed E-state index contributed by atoms with van der Waals surface area (Å²) in [6.45, 7) is 4.69. The van der Waals surface area contributed by atoms with Crippen LogP contribution in [0.25, 0.3) is 10.9 Å². The summed E-state index contributed by atoms with van der Waals surface area (Å²) in [5, 5.41) is 12.7. The van der Waals surface area contributed by atoms with E-state index in [1.165, 1.54) is 0 Å². The van der Waals surface area contributed by atoms with E-state index >= 15 is 0 Å². The number of aromatic amines is 1. The van der Waals surface area contributed by atoms with E-state index in [-0.39, 0.29) is 13.0 Å². The lowest BCUT2D eigenvalue weighted by Crippen LogP contribution is -2.55. The van der Waals surface area contributed by atoms with Gasteiger partial charge in [-0.3, -0.25) is 14.4 Å². The van der Waals surface area contributed by atoms with Crippen molar-refractivity contribution in [2.45, 2.75) is 51.5 Å². The van der Waals surface area contributed by atoms with Crippen LogP contribution in [0.5, 0.6) is 0 Å². The van der Waals surface area contributed by atoms with Crippen LogP contribution >= 0.6 is 0 Å². The minimum atomic E-state index is -1.89. The van der Waals surface area contributed by atoms with Crippen LogP contribution in [-0.4, -0.2) is 51.6 Å². The third-order valence-electron chi connectivity index (χ3n) is 5.51. The average Bonchev–Trinajstić information content (AvgIpc) is 3.24. The van der Waals surface area contributed by atoms with E-state index in [0.717, 1.165) is 16.5 Å². The van der Waals surface area contributed by atoms with Crippen molar-refractivity contribution in [2.24, 2.45) is 11.7 Å². The fourth-order valence-corrected chi connectivity index (χ4v) is 3.73. The molecule has 10 nitrogen and oxygen atoms in total. The molecule has 3 atom stereocenters. The number of benzene rings is 2. The van der Waals surface area contributed by atoms with Gasteiger partial charge in [0.2, 0.25) is 5.91 Å². The Morgan fingerprint density at radius 2 is 1.65 bits per heavy atom. The first-order chi connectivity index (χ1) is 17.5. The number of nitrogens with one attached hydrogen (secondary N) is 2. The fraction of sp³-hybridized carbons (Fsp3) is 0.333. The molecule has 0 radical (unpaired) electrons. The highest BCUT2D eigenvalue weighted by Crippen LogP contribution is 2.20. The van der Waals surface area contributed by atoms with Crippen LogP contribution in [0, 0.1) is 5.92 Å². The predicted molar refractivity (Wildman–Crippen MR) is 135 cm³/mol. The summed E-state index contributed by atoms with van der Waals surface area (Å²) in [6.07, 6.45) is 1.73. The number of hydrogen-bond acceptors (Lipinski definition) is 7. The fourth-order valence-electron chi connectivity index (χ4n) is 3.73. The largest absolute Gasteiger partial charge is 0.480 e. The normalized spacial score (nSPS) is 13.8. The number of esters is 2.